The minimum atomic E-state index is 0.627. The third-order valence-corrected chi connectivity index (χ3v) is 2.38. The van der Waals surface area contributed by atoms with Gasteiger partial charge in [0, 0.05) is 0 Å². The van der Waals surface area contributed by atoms with Gasteiger partial charge in [0.15, 0.2) is 5.82 Å². The quantitative estimate of drug-likeness (QED) is 0.826. The van der Waals surface area contributed by atoms with E-state index in [0.717, 1.165) is 23.8 Å². The van der Waals surface area contributed by atoms with Crippen LogP contribution < -0.4 is 10.1 Å². The van der Waals surface area contributed by atoms with E-state index in [2.05, 4.69) is 20.8 Å². The number of tetrazole rings is 1. The molecule has 0 aliphatic heterocycles. The Kier molecular flexibility index (Phi) is 3.66. The summed E-state index contributed by atoms with van der Waals surface area (Å²) in [5, 5.41) is 14.9. The van der Waals surface area contributed by atoms with E-state index in [0.29, 0.717) is 6.54 Å². The first-order valence-corrected chi connectivity index (χ1v) is 5.48. The van der Waals surface area contributed by atoms with Crippen LogP contribution in [-0.4, -0.2) is 33.9 Å². The molecule has 17 heavy (non-hydrogen) atoms. The number of methoxy groups -OCH3 is 1. The van der Waals surface area contributed by atoms with Crippen LogP contribution in [0.25, 0.3) is 5.69 Å². The van der Waals surface area contributed by atoms with E-state index in [4.69, 9.17) is 4.74 Å². The number of nitrogens with zero attached hydrogens (tertiary/aromatic N) is 4. The number of rotatable bonds is 5. The lowest BCUT2D eigenvalue weighted by atomic mass is 10.3. The summed E-state index contributed by atoms with van der Waals surface area (Å²) < 4.78 is 6.97. The van der Waals surface area contributed by atoms with Crippen molar-refractivity contribution < 1.29 is 4.74 Å². The molecule has 0 unspecified atom stereocenters. The van der Waals surface area contributed by atoms with Gasteiger partial charge in [0.25, 0.3) is 0 Å². The Morgan fingerprint density at radius 2 is 2.18 bits per heavy atom. The van der Waals surface area contributed by atoms with Crippen LogP contribution in [0.2, 0.25) is 0 Å². The topological polar surface area (TPSA) is 64.9 Å². The fourth-order valence-corrected chi connectivity index (χ4v) is 1.54. The van der Waals surface area contributed by atoms with Gasteiger partial charge in [-0.15, -0.1) is 5.10 Å². The summed E-state index contributed by atoms with van der Waals surface area (Å²) in [6.45, 7) is 3.54. The molecule has 0 bridgehead atoms. The Balaban J connectivity index is 2.35. The van der Waals surface area contributed by atoms with E-state index in [1.807, 2.05) is 31.2 Å². The van der Waals surface area contributed by atoms with Crippen molar-refractivity contribution in [3.63, 3.8) is 0 Å². The van der Waals surface area contributed by atoms with Crippen molar-refractivity contribution in [2.24, 2.45) is 0 Å². The minimum absolute atomic E-state index is 0.627. The number of hydrogen-bond acceptors (Lipinski definition) is 5. The van der Waals surface area contributed by atoms with Crippen LogP contribution in [-0.2, 0) is 6.54 Å². The van der Waals surface area contributed by atoms with Crippen LogP contribution in [0.1, 0.15) is 12.7 Å². The molecule has 0 aliphatic rings. The van der Waals surface area contributed by atoms with E-state index in [1.165, 1.54) is 0 Å². The maximum Gasteiger partial charge on any atom is 0.170 e. The van der Waals surface area contributed by atoms with Crippen molar-refractivity contribution in [2.45, 2.75) is 13.5 Å². The molecule has 0 spiro atoms. The van der Waals surface area contributed by atoms with Crippen LogP contribution in [0.3, 0.4) is 0 Å². The molecule has 0 saturated heterocycles. The van der Waals surface area contributed by atoms with Crippen LogP contribution >= 0.6 is 0 Å². The lowest BCUT2D eigenvalue weighted by Crippen LogP contribution is -2.16. The van der Waals surface area contributed by atoms with Gasteiger partial charge in [-0.2, -0.15) is 4.68 Å². The van der Waals surface area contributed by atoms with E-state index < -0.39 is 0 Å². The average Bonchev–Trinajstić information content (AvgIpc) is 2.84. The monoisotopic (exact) mass is 233 g/mol. The molecule has 1 N–H and O–H groups in total. The lowest BCUT2D eigenvalue weighted by Gasteiger charge is -2.09. The summed E-state index contributed by atoms with van der Waals surface area (Å²) in [6, 6.07) is 7.64. The van der Waals surface area contributed by atoms with Gasteiger partial charge in [-0.1, -0.05) is 19.1 Å². The number of ether oxygens (including phenoxy) is 1. The van der Waals surface area contributed by atoms with Crippen LogP contribution in [0.15, 0.2) is 24.3 Å². The molecule has 0 radical (unpaired) electrons. The van der Waals surface area contributed by atoms with Gasteiger partial charge in [-0.25, -0.2) is 0 Å². The largest absolute Gasteiger partial charge is 0.494 e. The Hall–Kier alpha value is -1.95. The van der Waals surface area contributed by atoms with Crippen molar-refractivity contribution in [3.8, 4) is 11.4 Å². The summed E-state index contributed by atoms with van der Waals surface area (Å²) in [5.74, 6) is 1.51. The molecule has 0 saturated carbocycles. The molecule has 0 fully saturated rings. The third kappa shape index (κ3) is 2.42. The van der Waals surface area contributed by atoms with E-state index in [9.17, 15) is 0 Å². The molecule has 0 aliphatic carbocycles. The zero-order valence-electron chi connectivity index (χ0n) is 9.92. The normalized spacial score (nSPS) is 10.5. The maximum absolute atomic E-state index is 5.29. The first-order valence-electron chi connectivity index (χ1n) is 5.48. The first-order chi connectivity index (χ1) is 8.36. The van der Waals surface area contributed by atoms with Crippen molar-refractivity contribution in [1.29, 1.82) is 0 Å². The van der Waals surface area contributed by atoms with E-state index >= 15 is 0 Å². The molecular formula is C11H15N5O. The van der Waals surface area contributed by atoms with Crippen molar-refractivity contribution in [1.82, 2.24) is 25.5 Å². The highest BCUT2D eigenvalue weighted by molar-refractivity contribution is 5.46. The van der Waals surface area contributed by atoms with Gasteiger partial charge in [0.05, 0.1) is 13.7 Å². The van der Waals surface area contributed by atoms with Crippen molar-refractivity contribution >= 4 is 0 Å². The Morgan fingerprint density at radius 1 is 1.35 bits per heavy atom. The zero-order chi connectivity index (χ0) is 12.1. The van der Waals surface area contributed by atoms with Gasteiger partial charge >= 0.3 is 0 Å². The van der Waals surface area contributed by atoms with Crippen LogP contribution in [0.5, 0.6) is 5.75 Å². The summed E-state index contributed by atoms with van der Waals surface area (Å²) in [7, 11) is 1.63. The highest BCUT2D eigenvalue weighted by Crippen LogP contribution is 2.21. The van der Waals surface area contributed by atoms with Gasteiger partial charge in [-0.05, 0) is 29.1 Å². The molecule has 0 atom stereocenters. The van der Waals surface area contributed by atoms with Gasteiger partial charge in [-0.3, -0.25) is 0 Å². The van der Waals surface area contributed by atoms with E-state index in [-0.39, 0.29) is 0 Å². The molecular weight excluding hydrogens is 218 g/mol. The Labute approximate surface area is 99.6 Å². The molecule has 6 nitrogen and oxygen atoms in total. The van der Waals surface area contributed by atoms with Crippen LogP contribution in [0.4, 0.5) is 0 Å². The smallest absolute Gasteiger partial charge is 0.170 e. The summed E-state index contributed by atoms with van der Waals surface area (Å²) in [6.07, 6.45) is 0. The number of benzene rings is 1. The standard InChI is InChI=1S/C11H15N5O/c1-3-12-8-11-13-14-15-16(11)9-6-4-5-7-10(9)17-2/h4-7,12H,3,8H2,1-2H3. The maximum atomic E-state index is 5.29. The van der Waals surface area contributed by atoms with Gasteiger partial charge in [0.1, 0.15) is 11.4 Å². The van der Waals surface area contributed by atoms with Crippen molar-refractivity contribution in [2.75, 3.05) is 13.7 Å². The molecule has 90 valence electrons. The fourth-order valence-electron chi connectivity index (χ4n) is 1.54. The molecule has 6 heteroatoms. The minimum Gasteiger partial charge on any atom is -0.494 e. The predicted octanol–water partition coefficient (Wildman–Crippen LogP) is 0.780. The number of para-hydroxylation sites is 2. The van der Waals surface area contributed by atoms with Gasteiger partial charge < -0.3 is 10.1 Å². The highest BCUT2D eigenvalue weighted by Gasteiger charge is 2.11. The highest BCUT2D eigenvalue weighted by atomic mass is 16.5. The summed E-state index contributed by atoms with van der Waals surface area (Å²) >= 11 is 0. The first kappa shape index (κ1) is 11.5. The SMILES string of the molecule is CCNCc1nnnn1-c1ccccc1OC. The second-order valence-corrected chi connectivity index (χ2v) is 3.46. The Morgan fingerprint density at radius 3 is 2.94 bits per heavy atom. The second-order valence-electron chi connectivity index (χ2n) is 3.46. The number of hydrogen-bond donors (Lipinski definition) is 1. The lowest BCUT2D eigenvalue weighted by molar-refractivity contribution is 0.410. The molecule has 0 amide bonds. The molecule has 1 aromatic carbocycles. The predicted molar refractivity (Wildman–Crippen MR) is 63.1 cm³/mol. The van der Waals surface area contributed by atoms with Crippen LogP contribution in [0, 0.1) is 0 Å². The van der Waals surface area contributed by atoms with E-state index in [1.54, 1.807) is 11.8 Å². The fraction of sp³-hybridized carbons (Fsp3) is 0.364. The second kappa shape index (κ2) is 5.40. The molecule has 1 heterocycles. The molecule has 1 aromatic heterocycles. The number of nitrogens with one attached hydrogen (secondary N) is 1. The Bertz CT molecular complexity index is 482. The van der Waals surface area contributed by atoms with Gasteiger partial charge in [0.2, 0.25) is 0 Å². The van der Waals surface area contributed by atoms with Crippen molar-refractivity contribution in [3.05, 3.63) is 30.1 Å². The average molecular weight is 233 g/mol. The summed E-state index contributed by atoms with van der Waals surface area (Å²) in [4.78, 5) is 0. The summed E-state index contributed by atoms with van der Waals surface area (Å²) in [5.41, 5.74) is 0.841. The number of aromatic nitrogens is 4. The third-order valence-electron chi connectivity index (χ3n) is 2.38. The molecule has 2 rings (SSSR count). The zero-order valence-corrected chi connectivity index (χ0v) is 9.92. The molecule has 2 aromatic rings.